The SMILES string of the molecule is Cc1ccc(N(C)Cc2ccccc2Br)c(C(=N)N)c1. The Morgan fingerprint density at radius 2 is 1.95 bits per heavy atom. The van der Waals surface area contributed by atoms with Crippen molar-refractivity contribution in [2.75, 3.05) is 11.9 Å². The van der Waals surface area contributed by atoms with Gasteiger partial charge in [-0.2, -0.15) is 0 Å². The summed E-state index contributed by atoms with van der Waals surface area (Å²) >= 11 is 3.56. The lowest BCUT2D eigenvalue weighted by Gasteiger charge is -2.23. The van der Waals surface area contributed by atoms with Crippen molar-refractivity contribution in [1.29, 1.82) is 5.41 Å². The van der Waals surface area contributed by atoms with Gasteiger partial charge in [0.2, 0.25) is 0 Å². The molecule has 4 heteroatoms. The highest BCUT2D eigenvalue weighted by Gasteiger charge is 2.11. The average Bonchev–Trinajstić information content (AvgIpc) is 2.41. The molecule has 0 aliphatic heterocycles. The zero-order valence-electron chi connectivity index (χ0n) is 11.7. The number of rotatable bonds is 4. The molecule has 0 aliphatic rings. The van der Waals surface area contributed by atoms with Gasteiger partial charge in [0.05, 0.1) is 0 Å². The smallest absolute Gasteiger partial charge is 0.124 e. The number of amidine groups is 1. The standard InChI is InChI=1S/C16H18BrN3/c1-11-7-8-15(13(9-11)16(18)19)20(2)10-12-5-3-4-6-14(12)17/h3-9H,10H2,1-2H3,(H3,18,19). The molecular weight excluding hydrogens is 314 g/mol. The van der Waals surface area contributed by atoms with Crippen LogP contribution in [0.1, 0.15) is 16.7 Å². The van der Waals surface area contributed by atoms with E-state index in [1.165, 1.54) is 5.56 Å². The van der Waals surface area contributed by atoms with E-state index in [4.69, 9.17) is 11.1 Å². The van der Waals surface area contributed by atoms with Crippen LogP contribution in [0, 0.1) is 12.3 Å². The van der Waals surface area contributed by atoms with Gasteiger partial charge in [0.25, 0.3) is 0 Å². The van der Waals surface area contributed by atoms with Gasteiger partial charge >= 0.3 is 0 Å². The Hall–Kier alpha value is -1.81. The Balaban J connectivity index is 2.32. The predicted octanol–water partition coefficient (Wildman–Crippen LogP) is 3.68. The summed E-state index contributed by atoms with van der Waals surface area (Å²) in [6, 6.07) is 14.2. The summed E-state index contributed by atoms with van der Waals surface area (Å²) in [5, 5.41) is 7.73. The molecule has 2 rings (SSSR count). The number of nitrogens with one attached hydrogen (secondary N) is 1. The van der Waals surface area contributed by atoms with Crippen LogP contribution in [-0.4, -0.2) is 12.9 Å². The van der Waals surface area contributed by atoms with Crippen LogP contribution < -0.4 is 10.6 Å². The van der Waals surface area contributed by atoms with E-state index < -0.39 is 0 Å². The molecule has 0 atom stereocenters. The number of halogens is 1. The van der Waals surface area contributed by atoms with Gasteiger partial charge in [0.15, 0.2) is 0 Å². The van der Waals surface area contributed by atoms with Gasteiger partial charge in [-0.05, 0) is 30.7 Å². The van der Waals surface area contributed by atoms with Crippen LogP contribution in [0.3, 0.4) is 0 Å². The van der Waals surface area contributed by atoms with E-state index in [1.54, 1.807) is 0 Å². The van der Waals surface area contributed by atoms with E-state index in [2.05, 4.69) is 26.9 Å². The molecule has 2 aromatic rings. The molecule has 3 N–H and O–H groups in total. The van der Waals surface area contributed by atoms with E-state index in [-0.39, 0.29) is 5.84 Å². The second-order valence-electron chi connectivity index (χ2n) is 4.88. The molecule has 3 nitrogen and oxygen atoms in total. The molecule has 0 amide bonds. The van der Waals surface area contributed by atoms with Crippen molar-refractivity contribution in [2.45, 2.75) is 13.5 Å². The van der Waals surface area contributed by atoms with Gasteiger partial charge in [-0.15, -0.1) is 0 Å². The topological polar surface area (TPSA) is 53.1 Å². The Morgan fingerprint density at radius 3 is 2.60 bits per heavy atom. The minimum atomic E-state index is 0.0997. The molecule has 0 radical (unpaired) electrons. The van der Waals surface area contributed by atoms with E-state index in [0.29, 0.717) is 0 Å². The molecule has 20 heavy (non-hydrogen) atoms. The van der Waals surface area contributed by atoms with Crippen molar-refractivity contribution in [1.82, 2.24) is 0 Å². The number of benzene rings is 2. The summed E-state index contributed by atoms with van der Waals surface area (Å²) in [5.41, 5.74) is 9.74. The first-order chi connectivity index (χ1) is 9.49. The first-order valence-corrected chi connectivity index (χ1v) is 7.18. The van der Waals surface area contributed by atoms with Gasteiger partial charge in [-0.1, -0.05) is 45.8 Å². The highest BCUT2D eigenvalue weighted by Crippen LogP contribution is 2.24. The Kier molecular flexibility index (Phi) is 4.45. The van der Waals surface area contributed by atoms with Crippen molar-refractivity contribution >= 4 is 27.5 Å². The fourth-order valence-corrected chi connectivity index (χ4v) is 2.58. The second-order valence-corrected chi connectivity index (χ2v) is 5.74. The second kappa shape index (κ2) is 6.09. The first kappa shape index (κ1) is 14.6. The average molecular weight is 332 g/mol. The largest absolute Gasteiger partial charge is 0.384 e. The van der Waals surface area contributed by atoms with Gasteiger partial charge in [-0.25, -0.2) is 0 Å². The summed E-state index contributed by atoms with van der Waals surface area (Å²) in [6.45, 7) is 2.76. The summed E-state index contributed by atoms with van der Waals surface area (Å²) in [6.07, 6.45) is 0. The van der Waals surface area contributed by atoms with Gasteiger partial charge < -0.3 is 10.6 Å². The van der Waals surface area contributed by atoms with Gasteiger partial charge in [0.1, 0.15) is 5.84 Å². The third-order valence-electron chi connectivity index (χ3n) is 3.22. The molecule has 0 saturated heterocycles. The van der Waals surface area contributed by atoms with Crippen LogP contribution in [0.2, 0.25) is 0 Å². The lowest BCUT2D eigenvalue weighted by atomic mass is 10.1. The van der Waals surface area contributed by atoms with E-state index >= 15 is 0 Å². The van der Waals surface area contributed by atoms with Crippen molar-refractivity contribution in [2.24, 2.45) is 5.73 Å². The summed E-state index contributed by atoms with van der Waals surface area (Å²) in [5.74, 6) is 0.0997. The number of hydrogen-bond donors (Lipinski definition) is 2. The molecule has 0 spiro atoms. The quantitative estimate of drug-likeness (QED) is 0.663. The Bertz CT molecular complexity index is 637. The first-order valence-electron chi connectivity index (χ1n) is 6.38. The number of nitrogen functional groups attached to an aromatic ring is 1. The van der Waals surface area contributed by atoms with Crippen LogP contribution in [-0.2, 0) is 6.54 Å². The van der Waals surface area contributed by atoms with Crippen molar-refractivity contribution in [3.8, 4) is 0 Å². The number of nitrogens with zero attached hydrogens (tertiary/aromatic N) is 1. The fourth-order valence-electron chi connectivity index (χ4n) is 2.17. The molecule has 0 saturated carbocycles. The Morgan fingerprint density at radius 1 is 1.25 bits per heavy atom. The minimum Gasteiger partial charge on any atom is -0.384 e. The van der Waals surface area contributed by atoms with E-state index in [9.17, 15) is 0 Å². The van der Waals surface area contributed by atoms with E-state index in [1.807, 2.05) is 50.4 Å². The lowest BCUT2D eigenvalue weighted by Crippen LogP contribution is -2.22. The molecule has 0 bridgehead atoms. The van der Waals surface area contributed by atoms with Crippen LogP contribution >= 0.6 is 15.9 Å². The fraction of sp³-hybridized carbons (Fsp3) is 0.188. The normalized spacial score (nSPS) is 10.3. The number of nitrogens with two attached hydrogens (primary N) is 1. The highest BCUT2D eigenvalue weighted by atomic mass is 79.9. The van der Waals surface area contributed by atoms with Crippen molar-refractivity contribution in [3.63, 3.8) is 0 Å². The molecular formula is C16H18BrN3. The zero-order chi connectivity index (χ0) is 14.7. The molecule has 0 unspecified atom stereocenters. The maximum atomic E-state index is 7.73. The molecule has 0 aliphatic carbocycles. The van der Waals surface area contributed by atoms with Gasteiger partial charge in [0, 0.05) is 29.3 Å². The molecule has 2 aromatic carbocycles. The summed E-state index contributed by atoms with van der Waals surface area (Å²) in [7, 11) is 2.01. The van der Waals surface area contributed by atoms with Gasteiger partial charge in [-0.3, -0.25) is 5.41 Å². The number of anilines is 1. The summed E-state index contributed by atoms with van der Waals surface area (Å²) in [4.78, 5) is 2.11. The molecule has 104 valence electrons. The summed E-state index contributed by atoms with van der Waals surface area (Å²) < 4.78 is 1.09. The zero-order valence-corrected chi connectivity index (χ0v) is 13.2. The van der Waals surface area contributed by atoms with Crippen LogP contribution in [0.25, 0.3) is 0 Å². The lowest BCUT2D eigenvalue weighted by molar-refractivity contribution is 0.916. The highest BCUT2D eigenvalue weighted by molar-refractivity contribution is 9.10. The third kappa shape index (κ3) is 3.20. The van der Waals surface area contributed by atoms with Crippen LogP contribution in [0.4, 0.5) is 5.69 Å². The maximum absolute atomic E-state index is 7.73. The van der Waals surface area contributed by atoms with Crippen molar-refractivity contribution in [3.05, 3.63) is 63.6 Å². The minimum absolute atomic E-state index is 0.0997. The number of aryl methyl sites for hydroxylation is 1. The Labute approximate surface area is 128 Å². The third-order valence-corrected chi connectivity index (χ3v) is 3.99. The predicted molar refractivity (Wildman–Crippen MR) is 88.4 cm³/mol. The van der Waals surface area contributed by atoms with Crippen molar-refractivity contribution < 1.29 is 0 Å². The van der Waals surface area contributed by atoms with Crippen LogP contribution in [0.15, 0.2) is 46.9 Å². The maximum Gasteiger partial charge on any atom is 0.124 e. The number of hydrogen-bond acceptors (Lipinski definition) is 2. The monoisotopic (exact) mass is 331 g/mol. The molecule has 0 heterocycles. The molecule has 0 aromatic heterocycles. The van der Waals surface area contributed by atoms with E-state index in [0.717, 1.165) is 27.8 Å². The van der Waals surface area contributed by atoms with Crippen LogP contribution in [0.5, 0.6) is 0 Å². The molecule has 0 fully saturated rings.